The van der Waals surface area contributed by atoms with Gasteiger partial charge in [0.25, 0.3) is 0 Å². The first-order valence-corrected chi connectivity index (χ1v) is 5.35. The molecule has 3 rings (SSSR count). The molecule has 0 N–H and O–H groups in total. The highest BCUT2D eigenvalue weighted by Crippen LogP contribution is 2.26. The molecule has 16 heavy (non-hydrogen) atoms. The fraction of sp³-hybridized carbons (Fsp3) is 0.143. The van der Waals surface area contributed by atoms with Crippen LogP contribution in [0.3, 0.4) is 0 Å². The maximum Gasteiger partial charge on any atom is 0.164 e. The highest BCUT2D eigenvalue weighted by molar-refractivity contribution is 6.16. The molecule has 0 amide bonds. The van der Waals surface area contributed by atoms with Crippen molar-refractivity contribution in [3.63, 3.8) is 0 Å². The van der Waals surface area contributed by atoms with Crippen LogP contribution in [0.15, 0.2) is 36.4 Å². The number of ketones is 2. The van der Waals surface area contributed by atoms with Crippen molar-refractivity contribution in [3.8, 4) is 0 Å². The van der Waals surface area contributed by atoms with Gasteiger partial charge in [0.2, 0.25) is 0 Å². The average molecular weight is 210 g/mol. The van der Waals surface area contributed by atoms with Gasteiger partial charge in [-0.05, 0) is 22.9 Å². The van der Waals surface area contributed by atoms with E-state index in [4.69, 9.17) is 0 Å². The van der Waals surface area contributed by atoms with Gasteiger partial charge in [0.05, 0.1) is 0 Å². The Balaban J connectivity index is 2.37. The van der Waals surface area contributed by atoms with Crippen LogP contribution >= 0.6 is 0 Å². The first kappa shape index (κ1) is 9.28. The van der Waals surface area contributed by atoms with E-state index in [1.54, 1.807) is 0 Å². The van der Waals surface area contributed by atoms with E-state index in [9.17, 15) is 9.59 Å². The molecule has 0 unspecified atom stereocenters. The Morgan fingerprint density at radius 1 is 0.750 bits per heavy atom. The summed E-state index contributed by atoms with van der Waals surface area (Å²) in [6.45, 7) is 0. The average Bonchev–Trinajstić information content (AvgIpc) is 2.32. The van der Waals surface area contributed by atoms with E-state index in [1.165, 1.54) is 0 Å². The van der Waals surface area contributed by atoms with Gasteiger partial charge in [-0.3, -0.25) is 9.59 Å². The predicted molar refractivity (Wildman–Crippen MR) is 61.8 cm³/mol. The summed E-state index contributed by atoms with van der Waals surface area (Å²) >= 11 is 0. The Bertz CT molecular complexity index is 557. The summed E-state index contributed by atoms with van der Waals surface area (Å²) in [4.78, 5) is 23.4. The summed E-state index contributed by atoms with van der Waals surface area (Å²) in [6.07, 6.45) is 0.703. The molecule has 0 heterocycles. The Morgan fingerprint density at radius 2 is 1.19 bits per heavy atom. The number of benzene rings is 2. The lowest BCUT2D eigenvalue weighted by atomic mass is 9.87. The van der Waals surface area contributed by atoms with Crippen molar-refractivity contribution in [1.82, 2.24) is 0 Å². The van der Waals surface area contributed by atoms with E-state index in [0.717, 1.165) is 10.8 Å². The summed E-state index contributed by atoms with van der Waals surface area (Å²) in [5.41, 5.74) is 1.19. The molecular weight excluding hydrogens is 200 g/mol. The zero-order chi connectivity index (χ0) is 11.1. The van der Waals surface area contributed by atoms with Crippen molar-refractivity contribution >= 4 is 22.3 Å². The molecule has 78 valence electrons. The van der Waals surface area contributed by atoms with Gasteiger partial charge in [-0.2, -0.15) is 0 Å². The van der Waals surface area contributed by atoms with E-state index in [-0.39, 0.29) is 11.6 Å². The monoisotopic (exact) mass is 210 g/mol. The number of hydrogen-bond donors (Lipinski definition) is 0. The van der Waals surface area contributed by atoms with Crippen LogP contribution in [0, 0.1) is 0 Å². The number of fused-ring (bicyclic) bond motifs is 2. The van der Waals surface area contributed by atoms with Crippen LogP contribution in [0.1, 0.15) is 33.6 Å². The minimum Gasteiger partial charge on any atom is -0.294 e. The molecule has 2 aromatic rings. The van der Waals surface area contributed by atoms with E-state index < -0.39 is 0 Å². The third-order valence-electron chi connectivity index (χ3n) is 3.07. The van der Waals surface area contributed by atoms with Gasteiger partial charge in [-0.1, -0.05) is 24.3 Å². The summed E-state index contributed by atoms with van der Waals surface area (Å²) in [5.74, 6) is 0.167. The van der Waals surface area contributed by atoms with Gasteiger partial charge in [-0.25, -0.2) is 0 Å². The quantitative estimate of drug-likeness (QED) is 0.669. The number of rotatable bonds is 0. The molecule has 0 spiro atoms. The molecule has 0 radical (unpaired) electrons. The molecule has 0 atom stereocenters. The van der Waals surface area contributed by atoms with Crippen molar-refractivity contribution in [1.29, 1.82) is 0 Å². The summed E-state index contributed by atoms with van der Waals surface area (Å²) < 4.78 is 0. The highest BCUT2D eigenvalue weighted by atomic mass is 16.1. The molecule has 0 fully saturated rings. The Labute approximate surface area is 92.9 Å². The molecule has 0 aliphatic heterocycles. The minimum atomic E-state index is 0.0837. The number of Topliss-reactive ketones (excluding diaryl/α,β-unsaturated/α-hetero) is 2. The van der Waals surface area contributed by atoms with Gasteiger partial charge in [0, 0.05) is 24.0 Å². The Kier molecular flexibility index (Phi) is 1.90. The van der Waals surface area contributed by atoms with E-state index in [0.29, 0.717) is 24.0 Å². The lowest BCUT2D eigenvalue weighted by Gasteiger charge is -2.14. The SMILES string of the molecule is O=C1CCC(=O)c2cc3ccccc3cc21. The van der Waals surface area contributed by atoms with Crippen LogP contribution in [-0.4, -0.2) is 11.6 Å². The second kappa shape index (κ2) is 3.27. The van der Waals surface area contributed by atoms with Gasteiger partial charge >= 0.3 is 0 Å². The summed E-state index contributed by atoms with van der Waals surface area (Å²) in [7, 11) is 0. The molecule has 0 bridgehead atoms. The number of hydrogen-bond acceptors (Lipinski definition) is 2. The third-order valence-corrected chi connectivity index (χ3v) is 3.07. The second-order valence-corrected chi connectivity index (χ2v) is 4.09. The maximum atomic E-state index is 11.7. The van der Waals surface area contributed by atoms with E-state index in [1.807, 2.05) is 36.4 Å². The van der Waals surface area contributed by atoms with Gasteiger partial charge in [0.1, 0.15) is 0 Å². The second-order valence-electron chi connectivity index (χ2n) is 4.09. The topological polar surface area (TPSA) is 34.1 Å². The molecule has 0 saturated heterocycles. The van der Waals surface area contributed by atoms with E-state index >= 15 is 0 Å². The normalized spacial score (nSPS) is 15.2. The summed E-state index contributed by atoms with van der Waals surface area (Å²) in [6, 6.07) is 11.5. The van der Waals surface area contributed by atoms with Gasteiger partial charge in [0.15, 0.2) is 11.6 Å². The van der Waals surface area contributed by atoms with Crippen LogP contribution in [0.4, 0.5) is 0 Å². The minimum absolute atomic E-state index is 0.0837. The van der Waals surface area contributed by atoms with Gasteiger partial charge in [-0.15, -0.1) is 0 Å². The van der Waals surface area contributed by atoms with Crippen molar-refractivity contribution < 1.29 is 9.59 Å². The molecule has 2 heteroatoms. The van der Waals surface area contributed by atoms with Crippen LogP contribution in [0.2, 0.25) is 0 Å². The largest absolute Gasteiger partial charge is 0.294 e. The smallest absolute Gasteiger partial charge is 0.164 e. The molecule has 1 aliphatic carbocycles. The number of carbonyl (C=O) groups excluding carboxylic acids is 2. The van der Waals surface area contributed by atoms with Crippen molar-refractivity contribution in [2.45, 2.75) is 12.8 Å². The fourth-order valence-electron chi connectivity index (χ4n) is 2.20. The van der Waals surface area contributed by atoms with Crippen molar-refractivity contribution in [2.24, 2.45) is 0 Å². The Morgan fingerprint density at radius 3 is 1.62 bits per heavy atom. The predicted octanol–water partition coefficient (Wildman–Crippen LogP) is 3.00. The first-order chi connectivity index (χ1) is 7.75. The maximum absolute atomic E-state index is 11.7. The highest BCUT2D eigenvalue weighted by Gasteiger charge is 2.23. The zero-order valence-corrected chi connectivity index (χ0v) is 8.69. The van der Waals surface area contributed by atoms with Crippen LogP contribution in [-0.2, 0) is 0 Å². The van der Waals surface area contributed by atoms with Crippen LogP contribution < -0.4 is 0 Å². The number of carbonyl (C=O) groups is 2. The zero-order valence-electron chi connectivity index (χ0n) is 8.69. The first-order valence-electron chi connectivity index (χ1n) is 5.35. The molecular formula is C14H10O2. The molecule has 0 aromatic heterocycles. The molecule has 2 aromatic carbocycles. The summed E-state index contributed by atoms with van der Waals surface area (Å²) in [5, 5.41) is 2.04. The molecule has 2 nitrogen and oxygen atoms in total. The van der Waals surface area contributed by atoms with Gasteiger partial charge < -0.3 is 0 Å². The third kappa shape index (κ3) is 1.27. The molecule has 0 saturated carbocycles. The van der Waals surface area contributed by atoms with Crippen molar-refractivity contribution in [2.75, 3.05) is 0 Å². The molecule has 1 aliphatic rings. The lowest BCUT2D eigenvalue weighted by Crippen LogP contribution is -2.16. The standard InChI is InChI=1S/C14H10O2/c15-13-5-6-14(16)12-8-10-4-2-1-3-9(10)7-11(12)13/h1-4,7-8H,5-6H2. The lowest BCUT2D eigenvalue weighted by molar-refractivity contribution is 0.0890. The van der Waals surface area contributed by atoms with Crippen molar-refractivity contribution in [3.05, 3.63) is 47.5 Å². The van der Waals surface area contributed by atoms with E-state index in [2.05, 4.69) is 0 Å². The Hall–Kier alpha value is -1.96. The van der Waals surface area contributed by atoms with Crippen LogP contribution in [0.5, 0.6) is 0 Å². The fourth-order valence-corrected chi connectivity index (χ4v) is 2.20. The van der Waals surface area contributed by atoms with Crippen LogP contribution in [0.25, 0.3) is 10.8 Å².